The third-order valence-electron chi connectivity index (χ3n) is 4.96. The molecule has 2 N–H and O–H groups in total. The van der Waals surface area contributed by atoms with Crippen LogP contribution in [0.2, 0.25) is 0 Å². The first-order valence-electron chi connectivity index (χ1n) is 7.67. The number of rotatable bonds is 3. The first-order valence-corrected chi connectivity index (χ1v) is 7.67. The van der Waals surface area contributed by atoms with Crippen LogP contribution in [0.1, 0.15) is 57.2 Å². The molecule has 1 aromatic carbocycles. The molecule has 1 atom stereocenters. The fourth-order valence-electron chi connectivity index (χ4n) is 2.96. The number of anilines is 1. The molecule has 3 heteroatoms. The van der Waals surface area contributed by atoms with Crippen molar-refractivity contribution in [2.75, 3.05) is 18.0 Å². The maximum atomic E-state index is 13.8. The van der Waals surface area contributed by atoms with Crippen molar-refractivity contribution in [2.24, 2.45) is 11.1 Å². The number of hydrogen-bond acceptors (Lipinski definition) is 2. The highest BCUT2D eigenvalue weighted by molar-refractivity contribution is 5.57. The van der Waals surface area contributed by atoms with Crippen molar-refractivity contribution in [3.05, 3.63) is 29.1 Å². The second-order valence-electron chi connectivity index (χ2n) is 6.60. The average Bonchev–Trinajstić information content (AvgIpc) is 2.42. The van der Waals surface area contributed by atoms with E-state index in [1.165, 1.54) is 19.3 Å². The average molecular weight is 278 g/mol. The first kappa shape index (κ1) is 15.3. The van der Waals surface area contributed by atoms with Gasteiger partial charge in [0.1, 0.15) is 5.82 Å². The lowest BCUT2D eigenvalue weighted by molar-refractivity contribution is 0.238. The highest BCUT2D eigenvalue weighted by Gasteiger charge is 2.29. The number of benzene rings is 1. The topological polar surface area (TPSA) is 29.3 Å². The Bertz CT molecular complexity index is 474. The Morgan fingerprint density at radius 3 is 2.45 bits per heavy atom. The van der Waals surface area contributed by atoms with Crippen molar-refractivity contribution in [3.63, 3.8) is 0 Å². The predicted octanol–water partition coefficient (Wildman–Crippen LogP) is 4.17. The number of halogens is 1. The highest BCUT2D eigenvalue weighted by Crippen LogP contribution is 2.37. The summed E-state index contributed by atoms with van der Waals surface area (Å²) in [6, 6.07) is 3.44. The van der Waals surface area contributed by atoms with Crippen molar-refractivity contribution in [3.8, 4) is 0 Å². The summed E-state index contributed by atoms with van der Waals surface area (Å²) in [5, 5.41) is 0. The molecular weight excluding hydrogens is 251 g/mol. The molecule has 0 radical (unpaired) electrons. The van der Waals surface area contributed by atoms with Gasteiger partial charge in [-0.1, -0.05) is 20.3 Å². The lowest BCUT2D eigenvalue weighted by Crippen LogP contribution is -2.39. The maximum absolute atomic E-state index is 13.8. The number of aryl methyl sites for hydroxylation is 1. The fourth-order valence-corrected chi connectivity index (χ4v) is 2.96. The van der Waals surface area contributed by atoms with E-state index in [1.807, 2.05) is 19.9 Å². The van der Waals surface area contributed by atoms with Crippen LogP contribution in [0.3, 0.4) is 0 Å². The standard InChI is InChI=1S/C17H27FN2/c1-5-17(4)6-8-20(9-7-17)16-10-12(2)15(18)11-14(16)13(3)19/h10-11,13H,5-9,19H2,1-4H3/t13-/m1/s1. The van der Waals surface area contributed by atoms with Crippen LogP contribution < -0.4 is 10.6 Å². The monoisotopic (exact) mass is 278 g/mol. The third kappa shape index (κ3) is 2.98. The van der Waals surface area contributed by atoms with Crippen LogP contribution in [0.15, 0.2) is 12.1 Å². The summed E-state index contributed by atoms with van der Waals surface area (Å²) in [5.41, 5.74) is 9.23. The quantitative estimate of drug-likeness (QED) is 0.899. The third-order valence-corrected chi connectivity index (χ3v) is 4.96. The lowest BCUT2D eigenvalue weighted by Gasteiger charge is -2.41. The van der Waals surface area contributed by atoms with E-state index in [4.69, 9.17) is 5.73 Å². The summed E-state index contributed by atoms with van der Waals surface area (Å²) < 4.78 is 13.8. The van der Waals surface area contributed by atoms with Gasteiger partial charge in [-0.3, -0.25) is 0 Å². The minimum Gasteiger partial charge on any atom is -0.371 e. The summed E-state index contributed by atoms with van der Waals surface area (Å²) in [6.45, 7) is 10.5. The summed E-state index contributed by atoms with van der Waals surface area (Å²) in [7, 11) is 0. The zero-order valence-corrected chi connectivity index (χ0v) is 13.2. The van der Waals surface area contributed by atoms with Crippen molar-refractivity contribution in [2.45, 2.75) is 53.0 Å². The lowest BCUT2D eigenvalue weighted by atomic mass is 9.78. The van der Waals surface area contributed by atoms with Gasteiger partial charge in [0.05, 0.1) is 0 Å². The van der Waals surface area contributed by atoms with Gasteiger partial charge in [0.15, 0.2) is 0 Å². The van der Waals surface area contributed by atoms with Crippen LogP contribution >= 0.6 is 0 Å². The van der Waals surface area contributed by atoms with Crippen molar-refractivity contribution in [1.29, 1.82) is 0 Å². The number of hydrogen-bond donors (Lipinski definition) is 1. The van der Waals surface area contributed by atoms with Gasteiger partial charge >= 0.3 is 0 Å². The van der Waals surface area contributed by atoms with E-state index in [2.05, 4.69) is 18.7 Å². The van der Waals surface area contributed by atoms with Gasteiger partial charge in [0, 0.05) is 24.8 Å². The Morgan fingerprint density at radius 1 is 1.35 bits per heavy atom. The highest BCUT2D eigenvalue weighted by atomic mass is 19.1. The van der Waals surface area contributed by atoms with Crippen LogP contribution in [0.25, 0.3) is 0 Å². The first-order chi connectivity index (χ1) is 9.36. The van der Waals surface area contributed by atoms with E-state index in [9.17, 15) is 4.39 Å². The van der Waals surface area contributed by atoms with E-state index >= 15 is 0 Å². The van der Waals surface area contributed by atoms with E-state index in [0.717, 1.165) is 24.3 Å². The predicted molar refractivity (Wildman–Crippen MR) is 83.6 cm³/mol. The second kappa shape index (κ2) is 5.72. The van der Waals surface area contributed by atoms with Gasteiger partial charge in [-0.15, -0.1) is 0 Å². The van der Waals surface area contributed by atoms with E-state index in [1.54, 1.807) is 6.07 Å². The molecule has 112 valence electrons. The molecule has 2 rings (SSSR count). The maximum Gasteiger partial charge on any atom is 0.126 e. The zero-order valence-electron chi connectivity index (χ0n) is 13.2. The van der Waals surface area contributed by atoms with Crippen molar-refractivity contribution in [1.82, 2.24) is 0 Å². The van der Waals surface area contributed by atoms with Gasteiger partial charge in [0.2, 0.25) is 0 Å². The molecule has 1 aromatic rings. The number of nitrogens with two attached hydrogens (primary N) is 1. The molecular formula is C17H27FN2. The molecule has 0 amide bonds. The van der Waals surface area contributed by atoms with Crippen LogP contribution in [0.5, 0.6) is 0 Å². The minimum absolute atomic E-state index is 0.139. The van der Waals surface area contributed by atoms with Crippen molar-refractivity contribution >= 4 is 5.69 Å². The molecule has 1 heterocycles. The van der Waals surface area contributed by atoms with Gasteiger partial charge < -0.3 is 10.6 Å². The molecule has 1 fully saturated rings. The summed E-state index contributed by atoms with van der Waals surface area (Å²) in [6.07, 6.45) is 3.61. The fraction of sp³-hybridized carbons (Fsp3) is 0.647. The Hall–Kier alpha value is -1.09. The molecule has 1 aliphatic rings. The second-order valence-corrected chi connectivity index (χ2v) is 6.60. The van der Waals surface area contributed by atoms with Gasteiger partial charge in [-0.25, -0.2) is 4.39 Å². The molecule has 0 spiro atoms. The molecule has 1 saturated heterocycles. The van der Waals surface area contributed by atoms with Gasteiger partial charge in [0.25, 0.3) is 0 Å². The smallest absolute Gasteiger partial charge is 0.126 e. The molecule has 1 aliphatic heterocycles. The molecule has 0 aliphatic carbocycles. The normalized spacial score (nSPS) is 20.0. The minimum atomic E-state index is -0.156. The van der Waals surface area contributed by atoms with E-state index in [0.29, 0.717) is 11.0 Å². The Balaban J connectivity index is 2.27. The van der Waals surface area contributed by atoms with E-state index in [-0.39, 0.29) is 11.9 Å². The summed E-state index contributed by atoms with van der Waals surface area (Å²) in [5.74, 6) is -0.156. The van der Waals surface area contributed by atoms with Crippen LogP contribution in [0, 0.1) is 18.2 Å². The summed E-state index contributed by atoms with van der Waals surface area (Å²) in [4.78, 5) is 2.38. The number of nitrogens with zero attached hydrogens (tertiary/aromatic N) is 1. The molecule has 0 saturated carbocycles. The molecule has 0 unspecified atom stereocenters. The van der Waals surface area contributed by atoms with Gasteiger partial charge in [-0.2, -0.15) is 0 Å². The van der Waals surface area contributed by atoms with E-state index < -0.39 is 0 Å². The van der Waals surface area contributed by atoms with Crippen LogP contribution in [-0.2, 0) is 0 Å². The van der Waals surface area contributed by atoms with Gasteiger partial charge in [-0.05, 0) is 55.4 Å². The Labute approximate surface area is 122 Å². The Morgan fingerprint density at radius 2 is 1.95 bits per heavy atom. The van der Waals surface area contributed by atoms with Crippen LogP contribution in [-0.4, -0.2) is 13.1 Å². The van der Waals surface area contributed by atoms with Crippen LogP contribution in [0.4, 0.5) is 10.1 Å². The molecule has 20 heavy (non-hydrogen) atoms. The molecule has 0 aromatic heterocycles. The zero-order chi connectivity index (χ0) is 14.9. The largest absolute Gasteiger partial charge is 0.371 e. The summed E-state index contributed by atoms with van der Waals surface area (Å²) >= 11 is 0. The molecule has 2 nitrogen and oxygen atoms in total. The SMILES string of the molecule is CCC1(C)CCN(c2cc(C)c(F)cc2[C@@H](C)N)CC1. The molecule has 0 bridgehead atoms. The Kier molecular flexibility index (Phi) is 4.38. The number of piperidine rings is 1. The van der Waals surface area contributed by atoms with Crippen molar-refractivity contribution < 1.29 is 4.39 Å².